The fourth-order valence-corrected chi connectivity index (χ4v) is 4.73. The molecule has 0 amide bonds. The highest BCUT2D eigenvalue weighted by atomic mass is 19.2. The first-order valence-corrected chi connectivity index (χ1v) is 14.1. The van der Waals surface area contributed by atoms with Crippen molar-refractivity contribution in [2.75, 3.05) is 24.7 Å². The van der Waals surface area contributed by atoms with E-state index in [1.165, 1.54) is 16.0 Å². The number of hydrogen-bond acceptors (Lipinski definition) is 5. The van der Waals surface area contributed by atoms with Gasteiger partial charge in [-0.15, -0.1) is 0 Å². The lowest BCUT2D eigenvalue weighted by atomic mass is 9.92. The summed E-state index contributed by atoms with van der Waals surface area (Å²) in [4.78, 5) is 24.9. The van der Waals surface area contributed by atoms with Gasteiger partial charge in [-0.05, 0) is 36.5 Å². The third-order valence-corrected chi connectivity index (χ3v) is 7.44. The number of rotatable bonds is 11. The van der Waals surface area contributed by atoms with Crippen molar-refractivity contribution in [3.05, 3.63) is 113 Å². The number of anilines is 1. The van der Waals surface area contributed by atoms with Gasteiger partial charge in [-0.2, -0.15) is 0 Å². The lowest BCUT2D eigenvalue weighted by Gasteiger charge is -2.24. The second kappa shape index (κ2) is 14.3. The molecule has 5 rings (SSSR count). The molecule has 10 heteroatoms. The number of carbonyl (C=O) groups excluding carboxylic acids is 1. The van der Waals surface area contributed by atoms with Gasteiger partial charge < -0.3 is 20.6 Å². The Balaban J connectivity index is 0.000000237. The van der Waals surface area contributed by atoms with Crippen LogP contribution >= 0.6 is 0 Å². The van der Waals surface area contributed by atoms with Crippen LogP contribution in [0.3, 0.4) is 0 Å². The predicted molar refractivity (Wildman–Crippen MR) is 157 cm³/mol. The lowest BCUT2D eigenvalue weighted by molar-refractivity contribution is -0.132. The number of carbonyl (C=O) groups is 2. The minimum Gasteiger partial charge on any atom is -0.477 e. The normalized spacial score (nSPS) is 18.2. The molecular formula is C33H35F4N3O3. The number of nitrogens with zero attached hydrogens (tertiary/aromatic N) is 1. The van der Waals surface area contributed by atoms with Crippen molar-refractivity contribution >= 4 is 17.4 Å². The molecule has 6 nitrogen and oxygen atoms in total. The van der Waals surface area contributed by atoms with Crippen molar-refractivity contribution in [3.63, 3.8) is 0 Å². The van der Waals surface area contributed by atoms with Crippen molar-refractivity contribution in [1.82, 2.24) is 10.6 Å². The highest BCUT2D eigenvalue weighted by molar-refractivity contribution is 6.23. The van der Waals surface area contributed by atoms with Gasteiger partial charge in [0.05, 0.1) is 12.2 Å². The van der Waals surface area contributed by atoms with Gasteiger partial charge in [-0.1, -0.05) is 67.6 Å². The zero-order chi connectivity index (χ0) is 31.0. The minimum atomic E-state index is -1.64. The molecule has 2 fully saturated rings. The third kappa shape index (κ3) is 8.44. The first-order valence-electron chi connectivity index (χ1n) is 14.1. The van der Waals surface area contributed by atoms with Gasteiger partial charge in [0.1, 0.15) is 17.1 Å². The molecule has 1 aliphatic heterocycles. The number of benzene rings is 3. The van der Waals surface area contributed by atoms with Gasteiger partial charge in [0.25, 0.3) is 0 Å². The number of carboxylic acid groups (broad SMARTS) is 1. The monoisotopic (exact) mass is 597 g/mol. The zero-order valence-corrected chi connectivity index (χ0v) is 23.9. The number of aliphatic carboxylic acids is 1. The van der Waals surface area contributed by atoms with Crippen molar-refractivity contribution in [2.24, 2.45) is 5.41 Å². The van der Waals surface area contributed by atoms with Crippen molar-refractivity contribution in [2.45, 2.75) is 45.3 Å². The number of halogens is 4. The summed E-state index contributed by atoms with van der Waals surface area (Å²) < 4.78 is 56.8. The number of carboxylic acids is 1. The fourth-order valence-electron chi connectivity index (χ4n) is 4.73. The molecule has 228 valence electrons. The number of hydrogen-bond donors (Lipinski definition) is 3. The van der Waals surface area contributed by atoms with E-state index in [2.05, 4.69) is 59.2 Å². The van der Waals surface area contributed by atoms with Crippen LogP contribution in [-0.4, -0.2) is 42.7 Å². The number of alkyl halides is 1. The van der Waals surface area contributed by atoms with Gasteiger partial charge in [0, 0.05) is 43.8 Å². The van der Waals surface area contributed by atoms with Crippen LogP contribution in [0.4, 0.5) is 23.2 Å². The summed E-state index contributed by atoms with van der Waals surface area (Å²) in [7, 11) is 0. The van der Waals surface area contributed by atoms with E-state index in [4.69, 9.17) is 0 Å². The highest BCUT2D eigenvalue weighted by Gasteiger charge is 2.38. The molecule has 2 aliphatic rings. The van der Waals surface area contributed by atoms with Gasteiger partial charge in [-0.25, -0.2) is 18.0 Å². The van der Waals surface area contributed by atoms with Crippen molar-refractivity contribution in [3.8, 4) is 0 Å². The maximum Gasteiger partial charge on any atom is 0.341 e. The fraction of sp³-hybridized carbons (Fsp3) is 0.333. The van der Waals surface area contributed by atoms with Crippen LogP contribution in [0.15, 0.2) is 78.5 Å². The molecule has 1 saturated carbocycles. The van der Waals surface area contributed by atoms with E-state index < -0.39 is 58.1 Å². The second-order valence-electron chi connectivity index (χ2n) is 11.2. The predicted octanol–water partition coefficient (Wildman–Crippen LogP) is 6.17. The molecule has 1 unspecified atom stereocenters. The average molecular weight is 598 g/mol. The Bertz CT molecular complexity index is 1410. The summed E-state index contributed by atoms with van der Waals surface area (Å²) in [5, 5.41) is 15.3. The molecule has 0 aromatic heterocycles. The zero-order valence-electron chi connectivity index (χ0n) is 23.9. The quantitative estimate of drug-likeness (QED) is 0.0613. The van der Waals surface area contributed by atoms with Crippen molar-refractivity contribution < 1.29 is 32.3 Å². The summed E-state index contributed by atoms with van der Waals surface area (Å²) >= 11 is 0. The Morgan fingerprint density at radius 1 is 0.977 bits per heavy atom. The molecule has 1 heterocycles. The van der Waals surface area contributed by atoms with Crippen molar-refractivity contribution in [1.29, 1.82) is 0 Å². The molecule has 3 aromatic rings. The van der Waals surface area contributed by atoms with Crippen LogP contribution in [-0.2, 0) is 17.9 Å². The first kappa shape index (κ1) is 31.7. The topological polar surface area (TPSA) is 81.7 Å². The molecule has 1 atom stereocenters. The summed E-state index contributed by atoms with van der Waals surface area (Å²) in [5.74, 6) is -7.40. The average Bonchev–Trinajstić information content (AvgIpc) is 3.76. The Labute approximate surface area is 248 Å². The van der Waals surface area contributed by atoms with E-state index in [0.29, 0.717) is 12.5 Å². The molecule has 1 saturated heterocycles. The lowest BCUT2D eigenvalue weighted by Crippen LogP contribution is -2.28. The summed E-state index contributed by atoms with van der Waals surface area (Å²) in [6, 6.07) is 21.4. The van der Waals surface area contributed by atoms with Gasteiger partial charge >= 0.3 is 5.97 Å². The maximum atomic E-state index is 14.6. The first-order chi connectivity index (χ1) is 20.6. The summed E-state index contributed by atoms with van der Waals surface area (Å²) in [6.07, 6.45) is 2.87. The number of nitrogens with one attached hydrogen (secondary N) is 2. The van der Waals surface area contributed by atoms with Crippen LogP contribution < -0.4 is 15.5 Å². The number of ketones is 1. The van der Waals surface area contributed by atoms with E-state index in [9.17, 15) is 32.3 Å². The largest absolute Gasteiger partial charge is 0.477 e. The Kier molecular flexibility index (Phi) is 10.6. The minimum absolute atomic E-state index is 0.00431. The standard InChI is InChI=1S/C19H20F4N2O3.C14H15N/c1-19(8-20)4-5-25(9-19)16-13(21)6-11(14(22)15(16)23)17(26)12(18(27)28)7-24-10-2-3-10;1-3-7-13(8-4-1)11-15-12-14-9-5-2-6-10-14/h6-7,10,24H,2-5,8-9H2,1H3,(H,27,28);1-10,15H,11-12H2. The SMILES string of the molecule is CC1(CF)CCN(c2c(F)cc(C(=O)C(=CNC3CC3)C(=O)O)c(F)c2F)C1.c1ccc(CNCc2ccccc2)cc1. The highest BCUT2D eigenvalue weighted by Crippen LogP contribution is 2.37. The van der Waals surface area contributed by atoms with E-state index in [0.717, 1.165) is 32.1 Å². The van der Waals surface area contributed by atoms with E-state index in [1.54, 1.807) is 6.92 Å². The molecule has 0 radical (unpaired) electrons. The van der Waals surface area contributed by atoms with Gasteiger partial charge in [-0.3, -0.25) is 9.18 Å². The summed E-state index contributed by atoms with van der Waals surface area (Å²) in [5.41, 5.74) is -0.636. The van der Waals surface area contributed by atoms with Gasteiger partial charge in [0.15, 0.2) is 11.6 Å². The van der Waals surface area contributed by atoms with Crippen LogP contribution in [0.25, 0.3) is 0 Å². The molecular weight excluding hydrogens is 562 g/mol. The summed E-state index contributed by atoms with van der Waals surface area (Å²) in [6.45, 7) is 2.91. The second-order valence-corrected chi connectivity index (χ2v) is 11.2. The maximum absolute atomic E-state index is 14.6. The molecule has 1 aliphatic carbocycles. The van der Waals surface area contributed by atoms with Crippen LogP contribution in [0.1, 0.15) is 47.7 Å². The molecule has 43 heavy (non-hydrogen) atoms. The molecule has 3 N–H and O–H groups in total. The van der Waals surface area contributed by atoms with Crippen LogP contribution in [0.5, 0.6) is 0 Å². The Hall–Kier alpha value is -4.18. The van der Waals surface area contributed by atoms with Crippen LogP contribution in [0, 0.1) is 22.9 Å². The number of Topliss-reactive ketones (excluding diaryl/α,β-unsaturated/α-hetero) is 1. The molecule has 3 aromatic carbocycles. The Morgan fingerprint density at radius 2 is 1.56 bits per heavy atom. The Morgan fingerprint density at radius 3 is 2.05 bits per heavy atom. The molecule has 0 bridgehead atoms. The van der Waals surface area contributed by atoms with E-state index in [-0.39, 0.29) is 19.1 Å². The molecule has 0 spiro atoms. The van der Waals surface area contributed by atoms with E-state index >= 15 is 0 Å². The third-order valence-electron chi connectivity index (χ3n) is 7.44. The van der Waals surface area contributed by atoms with Gasteiger partial charge in [0.2, 0.25) is 5.78 Å². The van der Waals surface area contributed by atoms with E-state index in [1.807, 2.05) is 12.1 Å². The smallest absolute Gasteiger partial charge is 0.341 e. The van der Waals surface area contributed by atoms with Crippen LogP contribution in [0.2, 0.25) is 0 Å².